The van der Waals surface area contributed by atoms with E-state index in [4.69, 9.17) is 20.4 Å². The van der Waals surface area contributed by atoms with Crippen LogP contribution in [-0.4, -0.2) is 103 Å². The molecule has 2 aliphatic rings. The zero-order chi connectivity index (χ0) is 38.0. The number of carbonyl (C=O) groups is 2. The maximum atomic E-state index is 13.8. The van der Waals surface area contributed by atoms with Gasteiger partial charge in [-0.25, -0.2) is 4.79 Å². The van der Waals surface area contributed by atoms with Gasteiger partial charge in [0.25, 0.3) is 11.5 Å². The summed E-state index contributed by atoms with van der Waals surface area (Å²) in [6.45, 7) is 17.3. The average molecular weight is 729 g/mol. The summed E-state index contributed by atoms with van der Waals surface area (Å²) in [6.07, 6.45) is -3.16. The minimum atomic E-state index is -5.08. The monoisotopic (exact) mass is 728 g/mol. The quantitative estimate of drug-likeness (QED) is 0.223. The van der Waals surface area contributed by atoms with Gasteiger partial charge in [-0.15, -0.1) is 0 Å². The molecule has 0 atom stereocenters. The van der Waals surface area contributed by atoms with Crippen LogP contribution in [0.2, 0.25) is 0 Å². The van der Waals surface area contributed by atoms with Crippen molar-refractivity contribution in [3.8, 4) is 11.1 Å². The predicted octanol–water partition coefficient (Wildman–Crippen LogP) is 4.61. The first kappa shape index (κ1) is 40.5. The third-order valence-electron chi connectivity index (χ3n) is 9.67. The minimum absolute atomic E-state index is 0.159. The zero-order valence-electron chi connectivity index (χ0n) is 30.4. The van der Waals surface area contributed by atoms with Crippen molar-refractivity contribution in [2.75, 3.05) is 63.9 Å². The number of amides is 1. The van der Waals surface area contributed by atoms with Crippen LogP contribution in [0.15, 0.2) is 47.3 Å². The molecule has 5 rings (SSSR count). The van der Waals surface area contributed by atoms with Crippen molar-refractivity contribution in [2.45, 2.75) is 65.8 Å². The van der Waals surface area contributed by atoms with E-state index >= 15 is 0 Å². The molecule has 5 N–H and O–H groups in total. The van der Waals surface area contributed by atoms with E-state index in [1.807, 2.05) is 32.9 Å². The van der Waals surface area contributed by atoms with Gasteiger partial charge in [-0.2, -0.15) is 13.2 Å². The number of nitrogens with one attached hydrogen (secondary N) is 2. The maximum Gasteiger partial charge on any atom is 0.490 e. The summed E-state index contributed by atoms with van der Waals surface area (Å²) in [5.74, 6) is -2.93. The van der Waals surface area contributed by atoms with E-state index < -0.39 is 12.1 Å². The normalized spacial score (nSPS) is 15.8. The number of piperazine rings is 1. The number of anilines is 1. The molecule has 14 heteroatoms. The molecule has 1 aromatic heterocycles. The topological polar surface area (TPSA) is 144 Å². The third kappa shape index (κ3) is 10.9. The molecule has 2 aliphatic heterocycles. The molecule has 0 aliphatic carbocycles. The average Bonchev–Trinajstić information content (AvgIpc) is 3.10. The van der Waals surface area contributed by atoms with Crippen LogP contribution in [0.4, 0.5) is 18.9 Å². The molecule has 1 amide bonds. The fraction of sp³-hybridized carbons (Fsp3) is 0.500. The molecule has 3 heterocycles. The number of nitrogens with zero attached hydrogens (tertiary/aromatic N) is 3. The van der Waals surface area contributed by atoms with Crippen LogP contribution < -0.4 is 21.5 Å². The number of aryl methyl sites for hydroxylation is 2. The number of hydrogen-bond acceptors (Lipinski definition) is 8. The smallest absolute Gasteiger partial charge is 0.475 e. The summed E-state index contributed by atoms with van der Waals surface area (Å²) in [6, 6.07) is 15.3. The second-order valence-corrected chi connectivity index (χ2v) is 13.3. The Bertz CT molecular complexity index is 1720. The Balaban J connectivity index is 0.000000785. The Labute approximate surface area is 302 Å². The summed E-state index contributed by atoms with van der Waals surface area (Å²) < 4.78 is 37.4. The van der Waals surface area contributed by atoms with Crippen LogP contribution in [0.3, 0.4) is 0 Å². The fourth-order valence-electron chi connectivity index (χ4n) is 6.80. The SMILES string of the molecule is CCN(c1cc(-c2ccc(CN3CCN(CCN)CC3)cc2)cc(C(=O)NCc2c(C)cc(C)[nH]c2=O)c1C)C1CCOCC1.O=C(O)C(F)(F)F. The molecule has 0 saturated carbocycles. The molecule has 0 radical (unpaired) electrons. The molecular formula is C38H51F3N6O5. The first-order valence-corrected chi connectivity index (χ1v) is 17.7. The van der Waals surface area contributed by atoms with E-state index in [0.717, 1.165) is 106 Å². The minimum Gasteiger partial charge on any atom is -0.475 e. The highest BCUT2D eigenvalue weighted by Gasteiger charge is 2.38. The number of benzene rings is 2. The molecule has 0 bridgehead atoms. The van der Waals surface area contributed by atoms with E-state index in [1.165, 1.54) is 5.56 Å². The van der Waals surface area contributed by atoms with Crippen molar-refractivity contribution < 1.29 is 32.6 Å². The standard InChI is InChI=1S/C36H50N6O3.C2HF3O2/c1-5-42(31-10-18-45-19-11-31)34-22-30(29-8-6-28(7-9-29)24-41-16-14-40(13-12-37)15-17-41)21-32(27(34)4)35(43)38-23-33-25(2)20-26(3)39-36(33)44;3-2(4,5)1(6)7/h6-9,20-22,31H,5,10-19,23-24,37H2,1-4H3,(H,38,43)(H,39,44);(H,6,7). The first-order chi connectivity index (χ1) is 24.7. The van der Waals surface area contributed by atoms with Crippen LogP contribution in [0.5, 0.6) is 0 Å². The van der Waals surface area contributed by atoms with Crippen molar-refractivity contribution in [3.05, 3.63) is 86.3 Å². The number of carboxylic acids is 1. The number of hydrogen-bond donors (Lipinski definition) is 4. The summed E-state index contributed by atoms with van der Waals surface area (Å²) in [7, 11) is 0. The van der Waals surface area contributed by atoms with Crippen LogP contribution >= 0.6 is 0 Å². The molecule has 2 aromatic carbocycles. The van der Waals surface area contributed by atoms with Crippen molar-refractivity contribution in [2.24, 2.45) is 5.73 Å². The maximum absolute atomic E-state index is 13.8. The molecular weight excluding hydrogens is 677 g/mol. The van der Waals surface area contributed by atoms with Crippen molar-refractivity contribution in [1.82, 2.24) is 20.1 Å². The lowest BCUT2D eigenvalue weighted by molar-refractivity contribution is -0.192. The van der Waals surface area contributed by atoms with Gasteiger partial charge in [0, 0.05) is 101 Å². The van der Waals surface area contributed by atoms with E-state index in [0.29, 0.717) is 23.7 Å². The van der Waals surface area contributed by atoms with Gasteiger partial charge in [0.05, 0.1) is 0 Å². The fourth-order valence-corrected chi connectivity index (χ4v) is 6.80. The molecule has 2 saturated heterocycles. The van der Waals surface area contributed by atoms with E-state index in [-0.39, 0.29) is 18.0 Å². The number of pyridine rings is 1. The van der Waals surface area contributed by atoms with Crippen molar-refractivity contribution in [1.29, 1.82) is 0 Å². The number of H-pyrrole nitrogens is 1. The van der Waals surface area contributed by atoms with Gasteiger partial charge in [0.2, 0.25) is 0 Å². The Kier molecular flexibility index (Phi) is 14.4. The number of carboxylic acid groups (broad SMARTS) is 1. The summed E-state index contributed by atoms with van der Waals surface area (Å²) in [5, 5.41) is 10.2. The van der Waals surface area contributed by atoms with Gasteiger partial charge in [-0.05, 0) is 86.6 Å². The second kappa shape index (κ2) is 18.5. The molecule has 284 valence electrons. The van der Waals surface area contributed by atoms with Gasteiger partial charge in [0.1, 0.15) is 0 Å². The van der Waals surface area contributed by atoms with Gasteiger partial charge >= 0.3 is 12.1 Å². The molecule has 52 heavy (non-hydrogen) atoms. The number of alkyl halides is 3. The Morgan fingerprint density at radius 1 is 1.00 bits per heavy atom. The number of rotatable bonds is 11. The molecule has 3 aromatic rings. The van der Waals surface area contributed by atoms with E-state index in [9.17, 15) is 22.8 Å². The van der Waals surface area contributed by atoms with E-state index in [2.05, 4.69) is 62.3 Å². The number of aliphatic carboxylic acids is 1. The van der Waals surface area contributed by atoms with Gasteiger partial charge < -0.3 is 30.8 Å². The molecule has 0 spiro atoms. The molecule has 0 unspecified atom stereocenters. The van der Waals surface area contributed by atoms with Crippen LogP contribution in [0, 0.1) is 20.8 Å². The van der Waals surface area contributed by atoms with Gasteiger partial charge in [-0.3, -0.25) is 19.4 Å². The zero-order valence-corrected chi connectivity index (χ0v) is 30.4. The Hall–Kier alpha value is -4.24. The summed E-state index contributed by atoms with van der Waals surface area (Å²) in [4.78, 5) is 45.6. The highest BCUT2D eigenvalue weighted by Crippen LogP contribution is 2.34. The van der Waals surface area contributed by atoms with Gasteiger partial charge in [0.15, 0.2) is 0 Å². The number of aromatic amines is 1. The predicted molar refractivity (Wildman–Crippen MR) is 196 cm³/mol. The number of carbonyl (C=O) groups excluding carboxylic acids is 1. The largest absolute Gasteiger partial charge is 0.490 e. The van der Waals surface area contributed by atoms with Crippen LogP contribution in [0.1, 0.15) is 58.1 Å². The molecule has 2 fully saturated rings. The number of halogens is 3. The highest BCUT2D eigenvalue weighted by atomic mass is 19.4. The number of ether oxygens (including phenoxy) is 1. The van der Waals surface area contributed by atoms with Crippen molar-refractivity contribution >= 4 is 17.6 Å². The van der Waals surface area contributed by atoms with E-state index in [1.54, 1.807) is 0 Å². The van der Waals surface area contributed by atoms with Crippen molar-refractivity contribution in [3.63, 3.8) is 0 Å². The number of aromatic nitrogens is 1. The lowest BCUT2D eigenvalue weighted by Gasteiger charge is -2.37. The summed E-state index contributed by atoms with van der Waals surface area (Å²) >= 11 is 0. The lowest BCUT2D eigenvalue weighted by Crippen LogP contribution is -2.47. The third-order valence-corrected chi connectivity index (χ3v) is 9.67. The molecule has 11 nitrogen and oxygen atoms in total. The number of nitrogens with two attached hydrogens (primary N) is 1. The van der Waals surface area contributed by atoms with Crippen LogP contribution in [-0.2, 0) is 22.6 Å². The second-order valence-electron chi connectivity index (χ2n) is 13.3. The highest BCUT2D eigenvalue weighted by molar-refractivity contribution is 5.99. The van der Waals surface area contributed by atoms with Crippen LogP contribution in [0.25, 0.3) is 11.1 Å². The van der Waals surface area contributed by atoms with Gasteiger partial charge in [-0.1, -0.05) is 24.3 Å². The Morgan fingerprint density at radius 2 is 1.62 bits per heavy atom. The first-order valence-electron chi connectivity index (χ1n) is 17.7. The Morgan fingerprint density at radius 3 is 2.17 bits per heavy atom. The lowest BCUT2D eigenvalue weighted by atomic mass is 9.94. The summed E-state index contributed by atoms with van der Waals surface area (Å²) in [5.41, 5.74) is 13.9.